The van der Waals surface area contributed by atoms with E-state index in [0.717, 1.165) is 32.5 Å². The molecule has 0 bridgehead atoms. The molecule has 1 saturated heterocycles. The molecule has 2 saturated carbocycles. The first kappa shape index (κ1) is 18.1. The highest BCUT2D eigenvalue weighted by Crippen LogP contribution is 2.72. The molecule has 2 nitrogen and oxygen atoms in total. The number of carbonyl (C=O) groups is 1. The van der Waals surface area contributed by atoms with Gasteiger partial charge < -0.3 is 0 Å². The molecule has 0 N–H and O–H groups in total. The quantitative estimate of drug-likeness (QED) is 0.590. The third kappa shape index (κ3) is 2.78. The summed E-state index contributed by atoms with van der Waals surface area (Å²) in [6.45, 7) is 2.72. The van der Waals surface area contributed by atoms with Crippen LogP contribution in [-0.2, 0) is 11.3 Å². The molecule has 1 heterocycles. The smallest absolute Gasteiger partial charge is 0.148 e. The Hall–Kier alpha value is -2.71. The number of hydrogen-bond donors (Lipinski definition) is 0. The van der Waals surface area contributed by atoms with Crippen LogP contribution in [0.4, 0.5) is 0 Å². The third-order valence-electron chi connectivity index (χ3n) is 7.72. The Labute approximate surface area is 178 Å². The Balaban J connectivity index is 1.34. The fraction of sp³-hybridized carbons (Fsp3) is 0.321. The van der Waals surface area contributed by atoms with E-state index in [1.165, 1.54) is 16.7 Å². The van der Waals surface area contributed by atoms with Crippen LogP contribution in [0, 0.1) is 10.8 Å². The third-order valence-corrected chi connectivity index (χ3v) is 7.72. The van der Waals surface area contributed by atoms with E-state index < -0.39 is 0 Å². The van der Waals surface area contributed by atoms with Crippen molar-refractivity contribution in [3.8, 4) is 0 Å². The van der Waals surface area contributed by atoms with Gasteiger partial charge in [0, 0.05) is 30.5 Å². The van der Waals surface area contributed by atoms with Crippen LogP contribution >= 0.6 is 0 Å². The summed E-state index contributed by atoms with van der Waals surface area (Å²) in [4.78, 5) is 16.6. The van der Waals surface area contributed by atoms with Crippen LogP contribution < -0.4 is 0 Å². The molecule has 30 heavy (non-hydrogen) atoms. The van der Waals surface area contributed by atoms with Crippen molar-refractivity contribution in [1.29, 1.82) is 0 Å². The maximum absolute atomic E-state index is 14.0. The number of piperidine rings is 1. The largest absolute Gasteiger partial charge is 0.298 e. The lowest BCUT2D eigenvalue weighted by atomic mass is 9.77. The molecular weight excluding hydrogens is 366 g/mol. The number of benzene rings is 3. The molecule has 0 radical (unpaired) electrons. The van der Waals surface area contributed by atoms with Gasteiger partial charge in [-0.2, -0.15) is 0 Å². The number of nitrogens with zero attached hydrogens (tertiary/aromatic N) is 1. The predicted molar refractivity (Wildman–Crippen MR) is 119 cm³/mol. The number of Topliss-reactive ketones (excluding diaryl/α,β-unsaturated/α-hetero) is 1. The van der Waals surface area contributed by atoms with Gasteiger partial charge in [0.2, 0.25) is 0 Å². The molecule has 3 fully saturated rings. The van der Waals surface area contributed by atoms with Crippen molar-refractivity contribution in [2.24, 2.45) is 10.8 Å². The average Bonchev–Trinajstić information content (AvgIpc) is 3.70. The molecular formula is C28H27NO. The van der Waals surface area contributed by atoms with E-state index in [0.29, 0.717) is 17.6 Å². The molecule has 2 heteroatoms. The minimum Gasteiger partial charge on any atom is -0.298 e. The number of hydrogen-bond acceptors (Lipinski definition) is 2. The lowest BCUT2D eigenvalue weighted by Crippen LogP contribution is -2.50. The highest BCUT2D eigenvalue weighted by atomic mass is 16.1. The second-order valence-electron chi connectivity index (χ2n) is 9.61. The van der Waals surface area contributed by atoms with Crippen molar-refractivity contribution < 1.29 is 4.79 Å². The van der Waals surface area contributed by atoms with Crippen molar-refractivity contribution >= 4 is 5.78 Å². The summed E-state index contributed by atoms with van der Waals surface area (Å²) < 4.78 is 0. The molecule has 0 unspecified atom stereocenters. The number of carbonyl (C=O) groups excluding carboxylic acids is 1. The van der Waals surface area contributed by atoms with Crippen molar-refractivity contribution in [1.82, 2.24) is 4.90 Å². The zero-order valence-electron chi connectivity index (χ0n) is 17.2. The van der Waals surface area contributed by atoms with Crippen LogP contribution in [0.2, 0.25) is 0 Å². The SMILES string of the molecule is O=C1[C@]2(C[C@@H]2c2ccccc2)CN(Cc2ccccc2)C[C@]12C[C@@H]2c1ccccc1. The molecule has 3 aliphatic rings. The molecule has 4 atom stereocenters. The van der Waals surface area contributed by atoms with Gasteiger partial charge in [0.05, 0.1) is 0 Å². The minimum absolute atomic E-state index is 0.197. The van der Waals surface area contributed by atoms with Crippen LogP contribution in [0.1, 0.15) is 41.4 Å². The van der Waals surface area contributed by atoms with Crippen LogP contribution in [0.25, 0.3) is 0 Å². The Morgan fingerprint density at radius 1 is 0.667 bits per heavy atom. The summed E-state index contributed by atoms with van der Waals surface area (Å²) in [6.07, 6.45) is 2.01. The topological polar surface area (TPSA) is 20.3 Å². The van der Waals surface area contributed by atoms with Crippen molar-refractivity contribution in [2.75, 3.05) is 13.1 Å². The summed E-state index contributed by atoms with van der Waals surface area (Å²) >= 11 is 0. The van der Waals surface area contributed by atoms with Gasteiger partial charge in [-0.25, -0.2) is 0 Å². The fourth-order valence-corrected chi connectivity index (χ4v) is 6.15. The zero-order chi connectivity index (χ0) is 20.2. The second kappa shape index (κ2) is 6.65. The van der Waals surface area contributed by atoms with Crippen LogP contribution in [0.15, 0.2) is 91.0 Å². The first-order valence-electron chi connectivity index (χ1n) is 11.1. The van der Waals surface area contributed by atoms with E-state index in [1.807, 2.05) is 0 Å². The number of likely N-dealkylation sites (tertiary alicyclic amines) is 1. The molecule has 0 aromatic heterocycles. The van der Waals surface area contributed by atoms with Crippen molar-refractivity contribution in [2.45, 2.75) is 31.2 Å². The molecule has 150 valence electrons. The van der Waals surface area contributed by atoms with Crippen LogP contribution in [0.5, 0.6) is 0 Å². The van der Waals surface area contributed by atoms with E-state index in [9.17, 15) is 4.79 Å². The zero-order valence-corrected chi connectivity index (χ0v) is 17.2. The van der Waals surface area contributed by atoms with E-state index in [1.54, 1.807) is 0 Å². The number of rotatable bonds is 4. The van der Waals surface area contributed by atoms with Crippen LogP contribution in [-0.4, -0.2) is 23.8 Å². The molecule has 2 aliphatic carbocycles. The monoisotopic (exact) mass is 393 g/mol. The normalized spacial score (nSPS) is 32.5. The van der Waals surface area contributed by atoms with Gasteiger partial charge in [-0.3, -0.25) is 9.69 Å². The first-order valence-corrected chi connectivity index (χ1v) is 11.1. The van der Waals surface area contributed by atoms with Gasteiger partial charge in [-0.1, -0.05) is 91.0 Å². The lowest BCUT2D eigenvalue weighted by molar-refractivity contribution is -0.135. The van der Waals surface area contributed by atoms with Gasteiger partial charge in [-0.05, 0) is 41.4 Å². The van der Waals surface area contributed by atoms with E-state index in [-0.39, 0.29) is 10.8 Å². The fourth-order valence-electron chi connectivity index (χ4n) is 6.15. The van der Waals surface area contributed by atoms with E-state index in [2.05, 4.69) is 95.9 Å². The standard InChI is InChI=1S/C28H27NO/c30-26-27(16-24(27)22-12-6-2-7-13-22)19-29(18-21-10-4-1-5-11-21)20-28(26)17-25(28)23-14-8-3-9-15-23/h1-15,24-25H,16-20H2/t24-,25-,27-,28+/m1/s1. The van der Waals surface area contributed by atoms with E-state index >= 15 is 0 Å². The van der Waals surface area contributed by atoms with Gasteiger partial charge in [0.25, 0.3) is 0 Å². The Morgan fingerprint density at radius 3 is 1.57 bits per heavy atom. The second-order valence-corrected chi connectivity index (χ2v) is 9.61. The molecule has 1 aliphatic heterocycles. The van der Waals surface area contributed by atoms with Gasteiger partial charge in [-0.15, -0.1) is 0 Å². The predicted octanol–water partition coefficient (Wildman–Crippen LogP) is 5.42. The maximum Gasteiger partial charge on any atom is 0.148 e. The number of ketones is 1. The molecule has 3 aromatic carbocycles. The first-order chi connectivity index (χ1) is 14.7. The van der Waals surface area contributed by atoms with E-state index in [4.69, 9.17) is 0 Å². The summed E-state index contributed by atoms with van der Waals surface area (Å²) in [5.41, 5.74) is 3.61. The molecule has 0 amide bonds. The van der Waals surface area contributed by atoms with Gasteiger partial charge in [0.15, 0.2) is 0 Å². The highest BCUT2D eigenvalue weighted by Gasteiger charge is 2.74. The van der Waals surface area contributed by atoms with Gasteiger partial charge >= 0.3 is 0 Å². The van der Waals surface area contributed by atoms with Gasteiger partial charge in [0.1, 0.15) is 5.78 Å². The Kier molecular flexibility index (Phi) is 4.01. The summed E-state index contributed by atoms with van der Waals surface area (Å²) in [5.74, 6) is 1.29. The van der Waals surface area contributed by atoms with Crippen LogP contribution in [0.3, 0.4) is 0 Å². The lowest BCUT2D eigenvalue weighted by Gasteiger charge is -2.39. The molecule has 6 rings (SSSR count). The minimum atomic E-state index is -0.197. The highest BCUT2D eigenvalue weighted by molar-refractivity contribution is 5.99. The Morgan fingerprint density at radius 2 is 1.10 bits per heavy atom. The summed E-state index contributed by atoms with van der Waals surface area (Å²) in [6, 6.07) is 32.1. The maximum atomic E-state index is 14.0. The Bertz CT molecular complexity index is 998. The average molecular weight is 394 g/mol. The summed E-state index contributed by atoms with van der Waals surface area (Å²) in [5, 5.41) is 0. The van der Waals surface area contributed by atoms with Crippen molar-refractivity contribution in [3.05, 3.63) is 108 Å². The molecule has 3 aromatic rings. The molecule has 2 spiro atoms. The summed E-state index contributed by atoms with van der Waals surface area (Å²) in [7, 11) is 0. The van der Waals surface area contributed by atoms with Crippen molar-refractivity contribution in [3.63, 3.8) is 0 Å².